The van der Waals surface area contributed by atoms with Gasteiger partial charge in [-0.3, -0.25) is 0 Å². The van der Waals surface area contributed by atoms with Crippen molar-refractivity contribution in [3.05, 3.63) is 34.9 Å². The zero-order valence-corrected chi connectivity index (χ0v) is 15.6. The van der Waals surface area contributed by atoms with Crippen molar-refractivity contribution in [1.29, 1.82) is 0 Å². The summed E-state index contributed by atoms with van der Waals surface area (Å²) in [7, 11) is -3.47. The highest BCUT2D eigenvalue weighted by Gasteiger charge is 2.03. The molecule has 4 N–H and O–H groups in total. The Morgan fingerprint density at radius 2 is 1.90 bits per heavy atom. The van der Waals surface area contributed by atoms with Crippen LogP contribution in [0, 0.1) is 0 Å². The third kappa shape index (κ3) is 9.88. The summed E-state index contributed by atoms with van der Waals surface area (Å²) in [6, 6.07) is 7.38. The summed E-state index contributed by atoms with van der Waals surface area (Å²) >= 11 is 5.81. The Balaban J connectivity index is 0.00000400. The molecule has 21 heavy (non-hydrogen) atoms. The van der Waals surface area contributed by atoms with Crippen LogP contribution in [-0.2, 0) is 16.6 Å². The lowest BCUT2D eigenvalue weighted by atomic mass is 10.2. The summed E-state index contributed by atoms with van der Waals surface area (Å²) in [5, 5.41) is 11.6. The van der Waals surface area contributed by atoms with Gasteiger partial charge in [0.25, 0.3) is 0 Å². The molecule has 0 unspecified atom stereocenters. The van der Waals surface area contributed by atoms with Crippen LogP contribution in [0.4, 0.5) is 0 Å². The highest BCUT2D eigenvalue weighted by Crippen LogP contribution is 2.09. The summed E-state index contributed by atoms with van der Waals surface area (Å²) in [6.07, 6.45) is 0. The molecule has 0 heterocycles. The van der Waals surface area contributed by atoms with Crippen LogP contribution >= 0.6 is 35.6 Å². The predicted octanol–water partition coefficient (Wildman–Crippen LogP) is 1.30. The van der Waals surface area contributed by atoms with Crippen molar-refractivity contribution in [2.45, 2.75) is 13.5 Å². The second-order valence-corrected chi connectivity index (χ2v) is 6.29. The number of primary sulfonamides is 1. The molecule has 0 aliphatic heterocycles. The smallest absolute Gasteiger partial charge is 0.210 e. The van der Waals surface area contributed by atoms with E-state index in [-0.39, 0.29) is 36.3 Å². The number of sulfonamides is 1. The molecule has 6 nitrogen and oxygen atoms in total. The number of halogens is 2. The second kappa shape index (κ2) is 10.2. The van der Waals surface area contributed by atoms with Gasteiger partial charge in [0.1, 0.15) is 0 Å². The molecule has 0 atom stereocenters. The first kappa shape index (κ1) is 20.4. The van der Waals surface area contributed by atoms with Crippen molar-refractivity contribution in [3.63, 3.8) is 0 Å². The quantitative estimate of drug-likeness (QED) is 0.349. The molecule has 0 saturated heterocycles. The first-order valence-electron chi connectivity index (χ1n) is 6.18. The third-order valence-electron chi connectivity index (χ3n) is 2.36. The molecule has 120 valence electrons. The van der Waals surface area contributed by atoms with Gasteiger partial charge in [-0.1, -0.05) is 23.7 Å². The third-order valence-corrected chi connectivity index (χ3v) is 3.38. The summed E-state index contributed by atoms with van der Waals surface area (Å²) in [6.45, 7) is 3.30. The summed E-state index contributed by atoms with van der Waals surface area (Å²) in [5.74, 6) is 0.407. The molecule has 0 fully saturated rings. The Morgan fingerprint density at radius 3 is 2.43 bits per heavy atom. The van der Waals surface area contributed by atoms with Crippen LogP contribution in [0.3, 0.4) is 0 Å². The maximum Gasteiger partial charge on any atom is 0.210 e. The van der Waals surface area contributed by atoms with Crippen LogP contribution in [0.25, 0.3) is 0 Å². The summed E-state index contributed by atoms with van der Waals surface area (Å²) in [5.41, 5.74) is 1.01. The van der Waals surface area contributed by atoms with E-state index in [1.165, 1.54) is 0 Å². The largest absolute Gasteiger partial charge is 0.357 e. The van der Waals surface area contributed by atoms with E-state index < -0.39 is 10.0 Å². The molecule has 1 aromatic carbocycles. The van der Waals surface area contributed by atoms with Crippen molar-refractivity contribution < 1.29 is 8.42 Å². The Labute approximate surface area is 147 Å². The fourth-order valence-corrected chi connectivity index (χ4v) is 1.93. The van der Waals surface area contributed by atoms with Gasteiger partial charge in [-0.25, -0.2) is 18.5 Å². The molecule has 9 heteroatoms. The van der Waals surface area contributed by atoms with Gasteiger partial charge in [-0.05, 0) is 24.6 Å². The Hall–Kier alpha value is -0.580. The molecule has 1 aromatic rings. The van der Waals surface area contributed by atoms with Crippen molar-refractivity contribution in [3.8, 4) is 0 Å². The normalized spacial score (nSPS) is 11.7. The molecular weight excluding hydrogens is 427 g/mol. The molecule has 0 aliphatic rings. The molecule has 0 radical (unpaired) electrons. The van der Waals surface area contributed by atoms with Crippen molar-refractivity contribution in [2.24, 2.45) is 10.1 Å². The monoisotopic (exact) mass is 446 g/mol. The molecule has 0 aromatic heterocycles. The minimum absolute atomic E-state index is 0. The number of nitrogens with two attached hydrogens (primary N) is 1. The maximum absolute atomic E-state index is 10.8. The van der Waals surface area contributed by atoms with Crippen LogP contribution in [-0.4, -0.2) is 33.2 Å². The number of nitrogens with one attached hydrogen (secondary N) is 2. The van der Waals surface area contributed by atoms with Crippen molar-refractivity contribution in [2.75, 3.05) is 18.8 Å². The van der Waals surface area contributed by atoms with Gasteiger partial charge in [0.2, 0.25) is 10.0 Å². The number of nitrogens with zero attached hydrogens (tertiary/aromatic N) is 1. The Morgan fingerprint density at radius 1 is 1.29 bits per heavy atom. The van der Waals surface area contributed by atoms with Gasteiger partial charge in [0, 0.05) is 18.1 Å². The summed E-state index contributed by atoms with van der Waals surface area (Å²) < 4.78 is 21.7. The fourth-order valence-electron chi connectivity index (χ4n) is 1.41. The second-order valence-electron chi connectivity index (χ2n) is 4.12. The molecular formula is C12H20ClIN4O2S. The Bertz CT molecular complexity index is 549. The maximum atomic E-state index is 10.8. The van der Waals surface area contributed by atoms with Crippen LogP contribution in [0.15, 0.2) is 29.3 Å². The molecule has 1 rings (SSSR count). The first-order valence-corrected chi connectivity index (χ1v) is 8.27. The number of hydrogen-bond acceptors (Lipinski definition) is 3. The van der Waals surface area contributed by atoms with Crippen LogP contribution in [0.1, 0.15) is 12.5 Å². The van der Waals surface area contributed by atoms with E-state index in [4.69, 9.17) is 16.7 Å². The predicted molar refractivity (Wildman–Crippen MR) is 97.7 cm³/mol. The van der Waals surface area contributed by atoms with Gasteiger partial charge < -0.3 is 10.6 Å². The van der Waals surface area contributed by atoms with Gasteiger partial charge in [0.05, 0.1) is 12.3 Å². The Kier molecular flexibility index (Phi) is 9.92. The lowest BCUT2D eigenvalue weighted by Gasteiger charge is -2.10. The minimum Gasteiger partial charge on any atom is -0.357 e. The van der Waals surface area contributed by atoms with E-state index in [0.717, 1.165) is 5.56 Å². The van der Waals surface area contributed by atoms with E-state index in [1.54, 1.807) is 12.1 Å². The van der Waals surface area contributed by atoms with E-state index in [9.17, 15) is 8.42 Å². The lowest BCUT2D eigenvalue weighted by Crippen LogP contribution is -2.40. The van der Waals surface area contributed by atoms with Crippen LogP contribution in [0.2, 0.25) is 5.02 Å². The van der Waals surface area contributed by atoms with Crippen molar-refractivity contribution >= 4 is 51.6 Å². The SMILES string of the molecule is CCNC(=NCc1ccc(Cl)cc1)NCCS(N)(=O)=O.I. The van der Waals surface area contributed by atoms with Gasteiger partial charge in [0.15, 0.2) is 5.96 Å². The van der Waals surface area contributed by atoms with Gasteiger partial charge in [-0.15, -0.1) is 24.0 Å². The van der Waals surface area contributed by atoms with Crippen LogP contribution < -0.4 is 15.8 Å². The lowest BCUT2D eigenvalue weighted by molar-refractivity contribution is 0.596. The van der Waals surface area contributed by atoms with E-state index >= 15 is 0 Å². The number of hydrogen-bond donors (Lipinski definition) is 3. The molecule has 0 aliphatic carbocycles. The van der Waals surface area contributed by atoms with E-state index in [2.05, 4.69) is 15.6 Å². The number of aliphatic imine (C=N–C) groups is 1. The number of guanidine groups is 1. The standard InChI is InChI=1S/C12H19ClN4O2S.HI/c1-2-15-12(16-7-8-20(14,18)19)17-9-10-3-5-11(13)6-4-10;/h3-6H,2,7-9H2,1H3,(H2,14,18,19)(H2,15,16,17);1H. The number of rotatable bonds is 6. The fraction of sp³-hybridized carbons (Fsp3) is 0.417. The molecule has 0 spiro atoms. The molecule has 0 bridgehead atoms. The summed E-state index contributed by atoms with van der Waals surface area (Å²) in [4.78, 5) is 4.35. The minimum atomic E-state index is -3.47. The van der Waals surface area contributed by atoms with E-state index in [0.29, 0.717) is 24.1 Å². The molecule has 0 amide bonds. The van der Waals surface area contributed by atoms with Gasteiger partial charge >= 0.3 is 0 Å². The number of benzene rings is 1. The van der Waals surface area contributed by atoms with Gasteiger partial charge in [-0.2, -0.15) is 0 Å². The average Bonchev–Trinajstić information content (AvgIpc) is 2.36. The van der Waals surface area contributed by atoms with Crippen LogP contribution in [0.5, 0.6) is 0 Å². The van der Waals surface area contributed by atoms with E-state index in [1.807, 2.05) is 19.1 Å². The molecule has 0 saturated carbocycles. The van der Waals surface area contributed by atoms with Crippen molar-refractivity contribution in [1.82, 2.24) is 10.6 Å². The average molecular weight is 447 g/mol. The topological polar surface area (TPSA) is 96.6 Å². The first-order chi connectivity index (χ1) is 9.40. The zero-order valence-electron chi connectivity index (χ0n) is 11.7. The highest BCUT2D eigenvalue weighted by molar-refractivity contribution is 14.0. The zero-order chi connectivity index (χ0) is 15.0. The highest BCUT2D eigenvalue weighted by atomic mass is 127.